The van der Waals surface area contributed by atoms with Gasteiger partial charge in [0.25, 0.3) is 0 Å². The molecule has 1 aromatic carbocycles. The molecule has 1 rings (SSSR count). The van der Waals surface area contributed by atoms with E-state index in [1.807, 2.05) is 30.0 Å². The van der Waals surface area contributed by atoms with E-state index in [9.17, 15) is 0 Å². The zero-order valence-electron chi connectivity index (χ0n) is 9.57. The van der Waals surface area contributed by atoms with Gasteiger partial charge in [-0.05, 0) is 30.1 Å². The van der Waals surface area contributed by atoms with Crippen LogP contribution in [0.3, 0.4) is 0 Å². The third kappa shape index (κ3) is 4.04. The van der Waals surface area contributed by atoms with Gasteiger partial charge >= 0.3 is 0 Å². The number of benzene rings is 1. The monoisotopic (exact) mass is 224 g/mol. The van der Waals surface area contributed by atoms with Crippen LogP contribution < -0.4 is 10.6 Å². The number of anilines is 2. The number of para-hydroxylation sites is 2. The van der Waals surface area contributed by atoms with Crippen LogP contribution in [-0.4, -0.2) is 25.1 Å². The minimum Gasteiger partial charge on any atom is -0.397 e. The molecule has 0 fully saturated rings. The van der Waals surface area contributed by atoms with Crippen molar-refractivity contribution in [1.29, 1.82) is 0 Å². The maximum absolute atomic E-state index is 5.90. The first-order chi connectivity index (χ1) is 7.25. The highest BCUT2D eigenvalue weighted by Gasteiger charge is 2.03. The predicted molar refractivity (Wildman–Crippen MR) is 71.7 cm³/mol. The van der Waals surface area contributed by atoms with Crippen LogP contribution in [0.5, 0.6) is 0 Å². The molecule has 84 valence electrons. The van der Waals surface area contributed by atoms with Gasteiger partial charge in [-0.15, -0.1) is 0 Å². The molecule has 2 N–H and O–H groups in total. The molecule has 15 heavy (non-hydrogen) atoms. The minimum absolute atomic E-state index is 0.864. The summed E-state index contributed by atoms with van der Waals surface area (Å²) in [6.07, 6.45) is 1.21. The molecule has 0 heterocycles. The first-order valence-corrected chi connectivity index (χ1v) is 6.54. The van der Waals surface area contributed by atoms with E-state index in [4.69, 9.17) is 5.73 Å². The molecule has 0 spiro atoms. The van der Waals surface area contributed by atoms with E-state index in [2.05, 4.69) is 24.9 Å². The molecule has 0 aliphatic rings. The van der Waals surface area contributed by atoms with E-state index in [1.165, 1.54) is 17.9 Å². The van der Waals surface area contributed by atoms with E-state index in [0.717, 1.165) is 17.9 Å². The maximum Gasteiger partial charge on any atom is 0.0597 e. The lowest BCUT2D eigenvalue weighted by molar-refractivity contribution is 0.861. The van der Waals surface area contributed by atoms with Gasteiger partial charge in [0.2, 0.25) is 0 Å². The van der Waals surface area contributed by atoms with E-state index in [1.54, 1.807) is 0 Å². The minimum atomic E-state index is 0.864. The van der Waals surface area contributed by atoms with Gasteiger partial charge in [0.1, 0.15) is 0 Å². The van der Waals surface area contributed by atoms with Crippen molar-refractivity contribution in [2.45, 2.75) is 13.3 Å². The summed E-state index contributed by atoms with van der Waals surface area (Å²) in [5, 5.41) is 0. The summed E-state index contributed by atoms with van der Waals surface area (Å²) >= 11 is 1.99. The van der Waals surface area contributed by atoms with Crippen LogP contribution in [0.1, 0.15) is 13.3 Å². The Morgan fingerprint density at radius 2 is 2.07 bits per heavy atom. The zero-order valence-corrected chi connectivity index (χ0v) is 10.4. The summed E-state index contributed by atoms with van der Waals surface area (Å²) in [6.45, 7) is 3.27. The maximum atomic E-state index is 5.90. The Morgan fingerprint density at radius 3 is 2.73 bits per heavy atom. The molecule has 0 unspecified atom stereocenters. The summed E-state index contributed by atoms with van der Waals surface area (Å²) in [5.41, 5.74) is 7.91. The summed E-state index contributed by atoms with van der Waals surface area (Å²) in [6, 6.07) is 8.03. The van der Waals surface area contributed by atoms with Crippen LogP contribution in [0.2, 0.25) is 0 Å². The number of thioether (sulfide) groups is 1. The smallest absolute Gasteiger partial charge is 0.0597 e. The van der Waals surface area contributed by atoms with Gasteiger partial charge in [-0.2, -0.15) is 11.8 Å². The van der Waals surface area contributed by atoms with Crippen molar-refractivity contribution >= 4 is 23.1 Å². The molecule has 0 radical (unpaired) electrons. The van der Waals surface area contributed by atoms with Crippen LogP contribution in [0.25, 0.3) is 0 Å². The fraction of sp³-hybridized carbons (Fsp3) is 0.500. The van der Waals surface area contributed by atoms with Crippen LogP contribution >= 0.6 is 11.8 Å². The van der Waals surface area contributed by atoms with Gasteiger partial charge in [-0.3, -0.25) is 0 Å². The van der Waals surface area contributed by atoms with Crippen LogP contribution in [0.4, 0.5) is 11.4 Å². The largest absolute Gasteiger partial charge is 0.397 e. The molecule has 0 bridgehead atoms. The molecular formula is C12H20N2S. The van der Waals surface area contributed by atoms with E-state index in [0.29, 0.717) is 0 Å². The van der Waals surface area contributed by atoms with E-state index >= 15 is 0 Å². The predicted octanol–water partition coefficient (Wildman–Crippen LogP) is 2.85. The Hall–Kier alpha value is -0.830. The number of hydrogen-bond acceptors (Lipinski definition) is 3. The van der Waals surface area contributed by atoms with Crippen molar-refractivity contribution in [3.8, 4) is 0 Å². The van der Waals surface area contributed by atoms with Crippen LogP contribution in [0, 0.1) is 0 Å². The Labute approximate surface area is 96.8 Å². The number of rotatable bonds is 6. The van der Waals surface area contributed by atoms with Gasteiger partial charge in [-0.25, -0.2) is 0 Å². The molecule has 2 nitrogen and oxygen atoms in total. The lowest BCUT2D eigenvalue weighted by Crippen LogP contribution is -2.20. The third-order valence-electron chi connectivity index (χ3n) is 2.33. The van der Waals surface area contributed by atoms with Crippen molar-refractivity contribution < 1.29 is 0 Å². The fourth-order valence-electron chi connectivity index (χ4n) is 1.50. The van der Waals surface area contributed by atoms with Crippen molar-refractivity contribution in [3.63, 3.8) is 0 Å². The Morgan fingerprint density at radius 1 is 1.33 bits per heavy atom. The number of nitrogens with two attached hydrogens (primary N) is 1. The summed E-state index contributed by atoms with van der Waals surface area (Å²) < 4.78 is 0. The molecule has 0 aliphatic carbocycles. The average molecular weight is 224 g/mol. The first kappa shape index (κ1) is 12.2. The molecular weight excluding hydrogens is 204 g/mol. The zero-order chi connectivity index (χ0) is 11.1. The van der Waals surface area contributed by atoms with Crippen molar-refractivity contribution in [2.75, 3.05) is 35.7 Å². The molecule has 0 aliphatic heterocycles. The van der Waals surface area contributed by atoms with Gasteiger partial charge in [-0.1, -0.05) is 19.1 Å². The Balaban J connectivity index is 2.40. The number of nitrogens with zero attached hydrogens (tertiary/aromatic N) is 1. The van der Waals surface area contributed by atoms with Gasteiger partial charge in [0.05, 0.1) is 11.4 Å². The lowest BCUT2D eigenvalue weighted by atomic mass is 10.2. The molecule has 0 saturated carbocycles. The molecule has 0 amide bonds. The van der Waals surface area contributed by atoms with Gasteiger partial charge in [0.15, 0.2) is 0 Å². The van der Waals surface area contributed by atoms with E-state index < -0.39 is 0 Å². The topological polar surface area (TPSA) is 29.3 Å². The lowest BCUT2D eigenvalue weighted by Gasteiger charge is -2.20. The Kier molecular flexibility index (Phi) is 5.40. The molecule has 0 atom stereocenters. The van der Waals surface area contributed by atoms with E-state index in [-0.39, 0.29) is 0 Å². The standard InChI is InChI=1S/C12H20N2S/c1-3-15-10-6-9-14(2)12-8-5-4-7-11(12)13/h4-5,7-8H,3,6,9-10,13H2,1-2H3. The summed E-state index contributed by atoms with van der Waals surface area (Å²) in [5.74, 6) is 2.44. The molecule has 0 saturated heterocycles. The second-order valence-corrected chi connectivity index (χ2v) is 4.92. The van der Waals surface area contributed by atoms with Crippen molar-refractivity contribution in [2.24, 2.45) is 0 Å². The van der Waals surface area contributed by atoms with Crippen molar-refractivity contribution in [1.82, 2.24) is 0 Å². The quantitative estimate of drug-likeness (QED) is 0.595. The summed E-state index contributed by atoms with van der Waals surface area (Å²) in [7, 11) is 2.10. The van der Waals surface area contributed by atoms with Gasteiger partial charge in [0, 0.05) is 13.6 Å². The molecule has 3 heteroatoms. The van der Waals surface area contributed by atoms with Crippen LogP contribution in [-0.2, 0) is 0 Å². The third-order valence-corrected chi connectivity index (χ3v) is 3.32. The first-order valence-electron chi connectivity index (χ1n) is 5.39. The highest BCUT2D eigenvalue weighted by atomic mass is 32.2. The average Bonchev–Trinajstić information content (AvgIpc) is 2.25. The molecule has 0 aromatic heterocycles. The van der Waals surface area contributed by atoms with Crippen molar-refractivity contribution in [3.05, 3.63) is 24.3 Å². The van der Waals surface area contributed by atoms with Gasteiger partial charge < -0.3 is 10.6 Å². The SMILES string of the molecule is CCSCCCN(C)c1ccccc1N. The highest BCUT2D eigenvalue weighted by Crippen LogP contribution is 2.21. The second-order valence-electron chi connectivity index (χ2n) is 3.53. The summed E-state index contributed by atoms with van der Waals surface area (Å²) in [4.78, 5) is 2.23. The normalized spacial score (nSPS) is 10.3. The number of nitrogen functional groups attached to an aromatic ring is 1. The Bertz CT molecular complexity index is 289. The highest BCUT2D eigenvalue weighted by molar-refractivity contribution is 7.99. The van der Waals surface area contributed by atoms with Crippen LogP contribution in [0.15, 0.2) is 24.3 Å². The molecule has 1 aromatic rings. The number of hydrogen-bond donors (Lipinski definition) is 1. The second kappa shape index (κ2) is 6.62. The fourth-order valence-corrected chi connectivity index (χ4v) is 2.13.